The number of fused-ring (bicyclic) bond motifs is 1. The second kappa shape index (κ2) is 5.17. The highest BCUT2D eigenvalue weighted by atomic mass is 32.1. The van der Waals surface area contributed by atoms with Crippen molar-refractivity contribution in [2.24, 2.45) is 0 Å². The van der Waals surface area contributed by atoms with Gasteiger partial charge in [0.1, 0.15) is 0 Å². The first-order valence-electron chi connectivity index (χ1n) is 7.12. The first-order valence-corrected chi connectivity index (χ1v) is 8.00. The molecule has 3 aromatic rings. The Morgan fingerprint density at radius 2 is 2.13 bits per heavy atom. The number of carbonyl (C=O) groups is 1. The number of carboxylic acids is 1. The monoisotopic (exact) mass is 328 g/mol. The summed E-state index contributed by atoms with van der Waals surface area (Å²) < 4.78 is 0.977. The highest BCUT2D eigenvalue weighted by Crippen LogP contribution is 2.29. The van der Waals surface area contributed by atoms with Gasteiger partial charge >= 0.3 is 11.7 Å². The topological polar surface area (TPSA) is 101 Å². The van der Waals surface area contributed by atoms with Gasteiger partial charge in [-0.1, -0.05) is 12.1 Å². The number of H-pyrrole nitrogens is 1. The zero-order chi connectivity index (χ0) is 16.0. The number of thiazole rings is 1. The fourth-order valence-electron chi connectivity index (χ4n) is 2.78. The minimum Gasteiger partial charge on any atom is -0.475 e. The minimum absolute atomic E-state index is 0.342. The third kappa shape index (κ3) is 2.36. The van der Waals surface area contributed by atoms with Crippen LogP contribution in [0, 0.1) is 0 Å². The van der Waals surface area contributed by atoms with Crippen LogP contribution in [0.3, 0.4) is 0 Å². The van der Waals surface area contributed by atoms with Crippen LogP contribution in [0.25, 0.3) is 16.4 Å². The van der Waals surface area contributed by atoms with E-state index in [4.69, 9.17) is 5.11 Å². The molecule has 2 N–H and O–H groups in total. The van der Waals surface area contributed by atoms with E-state index in [9.17, 15) is 9.59 Å². The molecule has 0 radical (unpaired) electrons. The molecule has 1 aliphatic rings. The summed E-state index contributed by atoms with van der Waals surface area (Å²) in [4.78, 5) is 29.3. The van der Waals surface area contributed by atoms with Gasteiger partial charge in [0, 0.05) is 10.9 Å². The molecule has 1 aromatic carbocycles. The van der Waals surface area contributed by atoms with Gasteiger partial charge in [0.05, 0.1) is 5.69 Å². The molecule has 2 heterocycles. The van der Waals surface area contributed by atoms with Crippen molar-refractivity contribution >= 4 is 17.3 Å². The number of hydrogen-bond acceptors (Lipinski definition) is 5. The van der Waals surface area contributed by atoms with E-state index >= 15 is 0 Å². The molecule has 0 saturated heterocycles. The number of benzene rings is 1. The molecule has 7 nitrogen and oxygen atoms in total. The van der Waals surface area contributed by atoms with E-state index < -0.39 is 17.5 Å². The summed E-state index contributed by atoms with van der Waals surface area (Å²) in [6.07, 6.45) is 3.39. The van der Waals surface area contributed by atoms with Gasteiger partial charge in [-0.2, -0.15) is 4.68 Å². The van der Waals surface area contributed by atoms with Crippen molar-refractivity contribution in [2.75, 3.05) is 0 Å². The lowest BCUT2D eigenvalue weighted by Crippen LogP contribution is -2.15. The van der Waals surface area contributed by atoms with E-state index in [2.05, 4.69) is 27.2 Å². The molecule has 0 unspecified atom stereocenters. The molecule has 116 valence electrons. The van der Waals surface area contributed by atoms with Crippen LogP contribution in [-0.2, 0) is 12.8 Å². The number of aryl methyl sites for hydroxylation is 2. The number of nitrogens with one attached hydrogen (secondary N) is 1. The van der Waals surface area contributed by atoms with Gasteiger partial charge in [0.25, 0.3) is 0 Å². The number of rotatable bonds is 3. The Morgan fingerprint density at radius 1 is 1.30 bits per heavy atom. The van der Waals surface area contributed by atoms with Crippen molar-refractivity contribution in [3.05, 3.63) is 51.0 Å². The van der Waals surface area contributed by atoms with Gasteiger partial charge in [-0.15, -0.1) is 16.4 Å². The number of hydrogen-bond donors (Lipinski definition) is 2. The molecule has 0 saturated carbocycles. The molecule has 2 aromatic heterocycles. The number of carboxylic acid groups (broad SMARTS) is 1. The van der Waals surface area contributed by atoms with Gasteiger partial charge in [0.15, 0.2) is 0 Å². The lowest BCUT2D eigenvalue weighted by atomic mass is 10.1. The molecular weight excluding hydrogens is 316 g/mol. The lowest BCUT2D eigenvalue weighted by molar-refractivity contribution is 0.0683. The molecule has 0 bridgehead atoms. The Hall–Kier alpha value is -2.74. The fraction of sp³-hybridized carbons (Fsp3) is 0.200. The average molecular weight is 328 g/mol. The SMILES string of the molecule is O=C(O)c1nn(-c2nc(-c3ccc4c(c3)CCC4)cs2)c(=O)[nH]1. The normalized spacial score (nSPS) is 13.2. The number of nitrogens with zero attached hydrogens (tertiary/aromatic N) is 3. The summed E-state index contributed by atoms with van der Waals surface area (Å²) in [5.41, 5.74) is 3.87. The summed E-state index contributed by atoms with van der Waals surface area (Å²) in [6.45, 7) is 0. The van der Waals surface area contributed by atoms with Gasteiger partial charge < -0.3 is 5.11 Å². The van der Waals surface area contributed by atoms with E-state index in [1.807, 2.05) is 11.4 Å². The van der Waals surface area contributed by atoms with Crippen molar-refractivity contribution in [2.45, 2.75) is 19.3 Å². The van der Waals surface area contributed by atoms with Crippen molar-refractivity contribution in [1.29, 1.82) is 0 Å². The maximum atomic E-state index is 11.8. The maximum Gasteiger partial charge on any atom is 0.373 e. The van der Waals surface area contributed by atoms with Crippen molar-refractivity contribution < 1.29 is 9.90 Å². The van der Waals surface area contributed by atoms with Crippen LogP contribution in [-0.4, -0.2) is 30.8 Å². The summed E-state index contributed by atoms with van der Waals surface area (Å²) in [5.74, 6) is -1.68. The highest BCUT2D eigenvalue weighted by molar-refractivity contribution is 7.12. The first kappa shape index (κ1) is 13.9. The Kier molecular flexibility index (Phi) is 3.12. The number of aromatic nitrogens is 4. The van der Waals surface area contributed by atoms with Crippen LogP contribution in [0.2, 0.25) is 0 Å². The van der Waals surface area contributed by atoms with Crippen LogP contribution in [0.1, 0.15) is 28.2 Å². The molecule has 0 aliphatic heterocycles. The fourth-order valence-corrected chi connectivity index (χ4v) is 3.56. The van der Waals surface area contributed by atoms with Crippen molar-refractivity contribution in [3.63, 3.8) is 0 Å². The van der Waals surface area contributed by atoms with E-state index in [1.54, 1.807) is 0 Å². The predicted octanol–water partition coefficient (Wildman–Crippen LogP) is 1.87. The lowest BCUT2D eigenvalue weighted by Gasteiger charge is -2.02. The number of aromatic carboxylic acids is 1. The second-order valence-electron chi connectivity index (χ2n) is 5.35. The third-order valence-electron chi connectivity index (χ3n) is 3.89. The summed E-state index contributed by atoms with van der Waals surface area (Å²) in [6, 6.07) is 6.29. The van der Waals surface area contributed by atoms with Gasteiger partial charge in [-0.05, 0) is 36.5 Å². The maximum absolute atomic E-state index is 11.8. The predicted molar refractivity (Wildman–Crippen MR) is 84.3 cm³/mol. The summed E-state index contributed by atoms with van der Waals surface area (Å²) >= 11 is 1.25. The molecule has 0 fully saturated rings. The van der Waals surface area contributed by atoms with Gasteiger partial charge in [-0.3, -0.25) is 4.98 Å². The van der Waals surface area contributed by atoms with E-state index in [0.717, 1.165) is 28.8 Å². The molecule has 0 amide bonds. The van der Waals surface area contributed by atoms with E-state index in [0.29, 0.717) is 5.13 Å². The molecule has 1 aliphatic carbocycles. The van der Waals surface area contributed by atoms with Crippen LogP contribution in [0.5, 0.6) is 0 Å². The molecule has 0 atom stereocenters. The molecule has 0 spiro atoms. The minimum atomic E-state index is -1.28. The zero-order valence-corrected chi connectivity index (χ0v) is 12.8. The second-order valence-corrected chi connectivity index (χ2v) is 6.18. The zero-order valence-electron chi connectivity index (χ0n) is 11.9. The van der Waals surface area contributed by atoms with Crippen LogP contribution < -0.4 is 5.69 Å². The summed E-state index contributed by atoms with van der Waals surface area (Å²) in [7, 11) is 0. The Balaban J connectivity index is 1.72. The van der Waals surface area contributed by atoms with Crippen molar-refractivity contribution in [1.82, 2.24) is 19.7 Å². The van der Waals surface area contributed by atoms with Crippen LogP contribution in [0.4, 0.5) is 0 Å². The Bertz CT molecular complexity index is 969. The number of aromatic amines is 1. The molecule has 23 heavy (non-hydrogen) atoms. The van der Waals surface area contributed by atoms with Crippen LogP contribution in [0.15, 0.2) is 28.4 Å². The highest BCUT2D eigenvalue weighted by Gasteiger charge is 2.17. The van der Waals surface area contributed by atoms with Gasteiger partial charge in [-0.25, -0.2) is 14.6 Å². The molecule has 4 rings (SSSR count). The Labute approximate surface area is 134 Å². The Morgan fingerprint density at radius 3 is 2.91 bits per heavy atom. The standard InChI is InChI=1S/C15H12N4O3S/c20-13(21)12-17-14(22)19(18-12)15-16-11(7-23-15)10-5-4-8-2-1-3-9(8)6-10/h4-7H,1-3H2,(H,20,21)(H,17,18,22). The molecular formula is C15H12N4O3S. The van der Waals surface area contributed by atoms with E-state index in [-0.39, 0.29) is 0 Å². The quantitative estimate of drug-likeness (QED) is 0.764. The largest absolute Gasteiger partial charge is 0.475 e. The first-order chi connectivity index (χ1) is 11.1. The smallest absolute Gasteiger partial charge is 0.373 e. The van der Waals surface area contributed by atoms with Gasteiger partial charge in [0.2, 0.25) is 11.0 Å². The third-order valence-corrected chi connectivity index (χ3v) is 4.70. The van der Waals surface area contributed by atoms with E-state index in [1.165, 1.54) is 28.9 Å². The average Bonchev–Trinajstić information content (AvgIpc) is 3.24. The van der Waals surface area contributed by atoms with Crippen LogP contribution >= 0.6 is 11.3 Å². The van der Waals surface area contributed by atoms with Crippen molar-refractivity contribution in [3.8, 4) is 16.4 Å². The summed E-state index contributed by atoms with van der Waals surface area (Å²) in [5, 5.41) is 14.8. The molecule has 8 heteroatoms.